The molecule has 0 N–H and O–H groups in total. The Labute approximate surface area is 229 Å². The Morgan fingerprint density at radius 2 is 1.18 bits per heavy atom. The van der Waals surface area contributed by atoms with Crippen molar-refractivity contribution in [1.82, 2.24) is 19.1 Å². The Morgan fingerprint density at radius 3 is 2.05 bits per heavy atom. The summed E-state index contributed by atoms with van der Waals surface area (Å²) in [6, 6.07) is 45.2. The van der Waals surface area contributed by atoms with E-state index < -0.39 is 0 Å². The van der Waals surface area contributed by atoms with Crippen LogP contribution in [-0.2, 0) is 0 Å². The number of nitrogens with zero attached hydrogens (tertiary/aromatic N) is 4. The van der Waals surface area contributed by atoms with Crippen molar-refractivity contribution in [1.29, 1.82) is 0 Å². The molecule has 0 spiro atoms. The summed E-state index contributed by atoms with van der Waals surface area (Å²) in [5.74, 6) is 0.683. The van der Waals surface area contributed by atoms with Gasteiger partial charge >= 0.3 is 0 Å². The molecule has 0 unspecified atom stereocenters. The first-order valence-electron chi connectivity index (χ1n) is 13.5. The van der Waals surface area contributed by atoms with E-state index in [9.17, 15) is 0 Å². The van der Waals surface area contributed by atoms with Crippen molar-refractivity contribution >= 4 is 65.3 Å². The van der Waals surface area contributed by atoms with E-state index in [-0.39, 0.29) is 0 Å². The molecule has 9 aromatic rings. The molecule has 0 aliphatic rings. The van der Waals surface area contributed by atoms with Gasteiger partial charge in [0.05, 0.1) is 27.6 Å². The van der Waals surface area contributed by atoms with Gasteiger partial charge in [-0.2, -0.15) is 0 Å². The lowest BCUT2D eigenvalue weighted by Crippen LogP contribution is -2.00. The van der Waals surface area contributed by atoms with Crippen LogP contribution in [0.25, 0.3) is 76.9 Å². The van der Waals surface area contributed by atoms with Crippen molar-refractivity contribution in [2.24, 2.45) is 0 Å². The van der Waals surface area contributed by atoms with Crippen LogP contribution in [-0.4, -0.2) is 19.1 Å². The summed E-state index contributed by atoms with van der Waals surface area (Å²) in [4.78, 5) is 9.84. The van der Waals surface area contributed by atoms with Crippen molar-refractivity contribution in [3.05, 3.63) is 134 Å². The second-order valence-electron chi connectivity index (χ2n) is 10.3. The fourth-order valence-electron chi connectivity index (χ4n) is 6.40. The van der Waals surface area contributed by atoms with Gasteiger partial charge in [-0.25, -0.2) is 9.97 Å². The Hall–Kier alpha value is -5.48. The van der Waals surface area contributed by atoms with Crippen LogP contribution in [0, 0.1) is 0 Å². The molecule has 0 radical (unpaired) electrons. The third-order valence-corrected chi connectivity index (χ3v) is 8.14. The third kappa shape index (κ3) is 2.90. The molecule has 186 valence electrons. The average Bonchev–Trinajstić information content (AvgIpc) is 3.53. The number of hydrogen-bond donors (Lipinski definition) is 0. The minimum atomic E-state index is 0.683. The zero-order chi connectivity index (χ0) is 26.2. The van der Waals surface area contributed by atoms with Crippen LogP contribution in [0.2, 0.25) is 0 Å². The number of para-hydroxylation sites is 4. The molecule has 0 saturated heterocycles. The number of aromatic nitrogens is 4. The second-order valence-corrected chi connectivity index (χ2v) is 10.3. The quantitative estimate of drug-likeness (QED) is 0.233. The van der Waals surface area contributed by atoms with Gasteiger partial charge in [-0.15, -0.1) is 0 Å². The van der Waals surface area contributed by atoms with Crippen LogP contribution >= 0.6 is 0 Å². The van der Waals surface area contributed by atoms with Gasteiger partial charge in [0.15, 0.2) is 0 Å². The van der Waals surface area contributed by atoms with Gasteiger partial charge in [0.25, 0.3) is 0 Å². The molecule has 4 nitrogen and oxygen atoms in total. The lowest BCUT2D eigenvalue weighted by atomic mass is 10.0. The molecule has 4 heteroatoms. The van der Waals surface area contributed by atoms with Crippen LogP contribution in [0.15, 0.2) is 134 Å². The van der Waals surface area contributed by atoms with Gasteiger partial charge in [-0.05, 0) is 59.3 Å². The molecule has 0 amide bonds. The van der Waals surface area contributed by atoms with E-state index in [1.807, 2.05) is 24.4 Å². The standard InChI is InChI=1S/C36H22N4/c1-2-11-25(12-3-1)39-32-17-9-6-14-27(32)35-28-21-34-29(20-23(28)18-19-33(35)39)26-13-5-8-16-31(26)40(34)36-37-22-24-10-4-7-15-30(24)38-36/h1-22H. The molecule has 0 fully saturated rings. The summed E-state index contributed by atoms with van der Waals surface area (Å²) >= 11 is 0. The largest absolute Gasteiger partial charge is 0.309 e. The molecule has 3 heterocycles. The molecule has 3 aromatic heterocycles. The minimum Gasteiger partial charge on any atom is -0.309 e. The predicted octanol–water partition coefficient (Wildman–Crippen LogP) is 8.98. The zero-order valence-corrected chi connectivity index (χ0v) is 21.5. The SMILES string of the molecule is c1ccc(-n2c3ccccc3c3c4cc5c(cc4ccc32)c2ccccc2n5-c2ncc3ccccc3n2)cc1. The first-order valence-corrected chi connectivity index (χ1v) is 13.5. The number of rotatable bonds is 2. The smallest absolute Gasteiger partial charge is 0.235 e. The monoisotopic (exact) mass is 510 g/mol. The van der Waals surface area contributed by atoms with Crippen molar-refractivity contribution in [2.45, 2.75) is 0 Å². The lowest BCUT2D eigenvalue weighted by molar-refractivity contribution is 1.01. The topological polar surface area (TPSA) is 35.6 Å². The summed E-state index contributed by atoms with van der Waals surface area (Å²) in [5, 5.41) is 8.38. The fraction of sp³-hybridized carbons (Fsp3) is 0. The Balaban J connectivity index is 1.45. The maximum atomic E-state index is 5.00. The maximum absolute atomic E-state index is 5.00. The minimum absolute atomic E-state index is 0.683. The third-order valence-electron chi connectivity index (χ3n) is 8.14. The normalized spacial score (nSPS) is 12.0. The summed E-state index contributed by atoms with van der Waals surface area (Å²) in [7, 11) is 0. The van der Waals surface area contributed by atoms with Crippen LogP contribution in [0.5, 0.6) is 0 Å². The molecule has 0 atom stereocenters. The van der Waals surface area contributed by atoms with Gasteiger partial charge in [0.1, 0.15) is 0 Å². The van der Waals surface area contributed by atoms with Gasteiger partial charge in [-0.1, -0.05) is 78.9 Å². The molecule has 0 saturated carbocycles. The fourth-order valence-corrected chi connectivity index (χ4v) is 6.40. The molecule has 0 aliphatic heterocycles. The van der Waals surface area contributed by atoms with E-state index >= 15 is 0 Å². The van der Waals surface area contributed by atoms with Crippen LogP contribution in [0.3, 0.4) is 0 Å². The molecule has 6 aromatic carbocycles. The van der Waals surface area contributed by atoms with Crippen molar-refractivity contribution < 1.29 is 0 Å². The molecular weight excluding hydrogens is 488 g/mol. The highest BCUT2D eigenvalue weighted by atomic mass is 15.2. The molecule has 0 aliphatic carbocycles. The van der Waals surface area contributed by atoms with Gasteiger partial charge in [0, 0.05) is 38.8 Å². The Kier molecular flexibility index (Phi) is 4.30. The highest BCUT2D eigenvalue weighted by Crippen LogP contribution is 2.40. The van der Waals surface area contributed by atoms with Crippen LogP contribution in [0.1, 0.15) is 0 Å². The molecule has 40 heavy (non-hydrogen) atoms. The summed E-state index contributed by atoms with van der Waals surface area (Å²) < 4.78 is 4.59. The van der Waals surface area contributed by atoms with E-state index in [2.05, 4.69) is 118 Å². The van der Waals surface area contributed by atoms with E-state index in [1.54, 1.807) is 0 Å². The first-order chi connectivity index (χ1) is 19.8. The van der Waals surface area contributed by atoms with E-state index in [0.717, 1.165) is 27.6 Å². The van der Waals surface area contributed by atoms with Gasteiger partial charge < -0.3 is 4.57 Å². The summed E-state index contributed by atoms with van der Waals surface area (Å²) in [6.07, 6.45) is 1.92. The number of benzene rings is 6. The van der Waals surface area contributed by atoms with Crippen LogP contribution < -0.4 is 0 Å². The lowest BCUT2D eigenvalue weighted by Gasteiger charge is -2.09. The zero-order valence-electron chi connectivity index (χ0n) is 21.5. The number of fused-ring (bicyclic) bond motifs is 9. The van der Waals surface area contributed by atoms with Crippen LogP contribution in [0.4, 0.5) is 0 Å². The van der Waals surface area contributed by atoms with E-state index in [4.69, 9.17) is 9.97 Å². The summed E-state index contributed by atoms with van der Waals surface area (Å²) in [5.41, 5.74) is 6.71. The summed E-state index contributed by atoms with van der Waals surface area (Å²) in [6.45, 7) is 0. The van der Waals surface area contributed by atoms with Crippen molar-refractivity contribution in [3.63, 3.8) is 0 Å². The molecule has 0 bridgehead atoms. The van der Waals surface area contributed by atoms with E-state index in [0.29, 0.717) is 5.95 Å². The highest BCUT2D eigenvalue weighted by Gasteiger charge is 2.19. The second kappa shape index (κ2) is 8.01. The Bertz CT molecular complexity index is 2430. The first kappa shape index (κ1) is 21.5. The van der Waals surface area contributed by atoms with Gasteiger partial charge in [0.2, 0.25) is 5.95 Å². The predicted molar refractivity (Wildman–Crippen MR) is 166 cm³/mol. The molecular formula is C36H22N4. The van der Waals surface area contributed by atoms with Crippen molar-refractivity contribution in [3.8, 4) is 11.6 Å². The van der Waals surface area contributed by atoms with Crippen molar-refractivity contribution in [2.75, 3.05) is 0 Å². The average molecular weight is 511 g/mol. The highest BCUT2D eigenvalue weighted by molar-refractivity contribution is 6.24. The Morgan fingerprint density at radius 1 is 0.450 bits per heavy atom. The molecule has 9 rings (SSSR count). The van der Waals surface area contributed by atoms with Gasteiger partial charge in [-0.3, -0.25) is 4.57 Å². The maximum Gasteiger partial charge on any atom is 0.235 e. The van der Waals surface area contributed by atoms with E-state index in [1.165, 1.54) is 43.4 Å². The number of hydrogen-bond acceptors (Lipinski definition) is 2.